The lowest BCUT2D eigenvalue weighted by Gasteiger charge is -2.35. The van der Waals surface area contributed by atoms with Gasteiger partial charge < -0.3 is 9.15 Å². The van der Waals surface area contributed by atoms with E-state index < -0.39 is 0 Å². The minimum Gasteiger partial charge on any atom is -0.464 e. The number of hydrogen-bond acceptors (Lipinski definition) is 3. The molecule has 2 aromatic rings. The summed E-state index contributed by atoms with van der Waals surface area (Å²) >= 11 is 0. The van der Waals surface area contributed by atoms with Crippen molar-refractivity contribution in [3.05, 3.63) is 35.8 Å². The molecule has 3 rings (SSSR count). The van der Waals surface area contributed by atoms with Gasteiger partial charge in [-0.3, -0.25) is 4.90 Å². The number of nitrogens with zero attached hydrogens (tertiary/aromatic N) is 1. The maximum Gasteiger partial charge on any atom is 0.136 e. The number of fused-ring (bicyclic) bond motifs is 1. The molecule has 2 heterocycles. The van der Waals surface area contributed by atoms with Gasteiger partial charge in [-0.05, 0) is 26.1 Å². The van der Waals surface area contributed by atoms with Gasteiger partial charge in [0.25, 0.3) is 0 Å². The molecule has 0 bridgehead atoms. The van der Waals surface area contributed by atoms with E-state index in [4.69, 9.17) is 9.15 Å². The number of hydrogen-bond donors (Lipinski definition) is 0. The molecule has 1 aromatic carbocycles. The summed E-state index contributed by atoms with van der Waals surface area (Å²) < 4.78 is 25.0. The van der Waals surface area contributed by atoms with E-state index in [1.807, 2.05) is 19.2 Å². The molecule has 0 radical (unpaired) electrons. The molecule has 1 aliphatic rings. The zero-order chi connectivity index (χ0) is 12.7. The first-order valence-corrected chi connectivity index (χ1v) is 6.13. The van der Waals surface area contributed by atoms with Gasteiger partial charge in [0.1, 0.15) is 11.4 Å². The number of rotatable bonds is 1. The van der Waals surface area contributed by atoms with Gasteiger partial charge in [0, 0.05) is 29.6 Å². The molecular weight excluding hydrogens is 233 g/mol. The fraction of sp³-hybridized carbons (Fsp3) is 0.429. The van der Waals surface area contributed by atoms with Crippen molar-refractivity contribution in [1.82, 2.24) is 4.90 Å². The Balaban J connectivity index is 1.95. The molecule has 96 valence electrons. The SMILES string of the molecule is CC1COC(c2cc3ccoc3cc2F)CN1C. The summed E-state index contributed by atoms with van der Waals surface area (Å²) in [4.78, 5) is 2.19. The lowest BCUT2D eigenvalue weighted by molar-refractivity contribution is -0.0513. The molecule has 0 N–H and O–H groups in total. The summed E-state index contributed by atoms with van der Waals surface area (Å²) in [6, 6.07) is 5.48. The van der Waals surface area contributed by atoms with E-state index in [0.29, 0.717) is 30.3 Å². The fourth-order valence-corrected chi connectivity index (χ4v) is 2.31. The standard InChI is InChI=1S/C14H16FNO2/c1-9-8-18-14(7-16(9)2)11-5-10-3-4-17-13(10)6-12(11)15/h3-6,9,14H,7-8H2,1-2H3. The van der Waals surface area contributed by atoms with Crippen LogP contribution in [0.15, 0.2) is 28.9 Å². The quantitative estimate of drug-likeness (QED) is 0.777. The third-order valence-electron chi connectivity index (χ3n) is 3.66. The minimum absolute atomic E-state index is 0.203. The van der Waals surface area contributed by atoms with Crippen molar-refractivity contribution < 1.29 is 13.5 Å². The van der Waals surface area contributed by atoms with Crippen molar-refractivity contribution in [2.75, 3.05) is 20.2 Å². The van der Waals surface area contributed by atoms with Crippen molar-refractivity contribution in [3.8, 4) is 0 Å². The second-order valence-corrected chi connectivity index (χ2v) is 4.94. The van der Waals surface area contributed by atoms with Gasteiger partial charge in [-0.25, -0.2) is 4.39 Å². The summed E-state index contributed by atoms with van der Waals surface area (Å²) in [5.74, 6) is -0.259. The van der Waals surface area contributed by atoms with Crippen LogP contribution in [0.2, 0.25) is 0 Å². The Morgan fingerprint density at radius 3 is 3.00 bits per heavy atom. The van der Waals surface area contributed by atoms with Crippen LogP contribution in [0.25, 0.3) is 11.0 Å². The molecule has 18 heavy (non-hydrogen) atoms. The van der Waals surface area contributed by atoms with Crippen molar-refractivity contribution in [2.24, 2.45) is 0 Å². The van der Waals surface area contributed by atoms with Crippen LogP contribution >= 0.6 is 0 Å². The van der Waals surface area contributed by atoms with Crippen LogP contribution in [-0.4, -0.2) is 31.1 Å². The maximum atomic E-state index is 14.0. The first-order chi connectivity index (χ1) is 8.65. The summed E-state index contributed by atoms with van der Waals surface area (Å²) in [6.07, 6.45) is 1.37. The smallest absolute Gasteiger partial charge is 0.136 e. The monoisotopic (exact) mass is 249 g/mol. The van der Waals surface area contributed by atoms with E-state index in [2.05, 4.69) is 11.8 Å². The van der Waals surface area contributed by atoms with Gasteiger partial charge in [0.15, 0.2) is 0 Å². The van der Waals surface area contributed by atoms with Gasteiger partial charge in [0.05, 0.1) is 19.0 Å². The molecule has 1 aliphatic heterocycles. The van der Waals surface area contributed by atoms with E-state index in [9.17, 15) is 4.39 Å². The molecule has 4 heteroatoms. The van der Waals surface area contributed by atoms with Gasteiger partial charge in [0.2, 0.25) is 0 Å². The number of morpholine rings is 1. The zero-order valence-corrected chi connectivity index (χ0v) is 10.5. The Morgan fingerprint density at radius 1 is 1.39 bits per heavy atom. The van der Waals surface area contributed by atoms with Crippen molar-refractivity contribution >= 4 is 11.0 Å². The lowest BCUT2D eigenvalue weighted by Crippen LogP contribution is -2.42. The molecule has 1 fully saturated rings. The average molecular weight is 249 g/mol. The highest BCUT2D eigenvalue weighted by molar-refractivity contribution is 5.78. The highest BCUT2D eigenvalue weighted by atomic mass is 19.1. The maximum absolute atomic E-state index is 14.0. The molecule has 0 aliphatic carbocycles. The van der Waals surface area contributed by atoms with Crippen molar-refractivity contribution in [1.29, 1.82) is 0 Å². The largest absolute Gasteiger partial charge is 0.464 e. The molecule has 2 atom stereocenters. The third kappa shape index (κ3) is 1.91. The van der Waals surface area contributed by atoms with Crippen LogP contribution in [-0.2, 0) is 4.74 Å². The van der Waals surface area contributed by atoms with Crippen LogP contribution in [0.5, 0.6) is 0 Å². The summed E-state index contributed by atoms with van der Waals surface area (Å²) in [6.45, 7) is 3.44. The molecule has 0 amide bonds. The van der Waals surface area contributed by atoms with Gasteiger partial charge in [-0.1, -0.05) is 0 Å². The van der Waals surface area contributed by atoms with E-state index in [-0.39, 0.29) is 11.9 Å². The topological polar surface area (TPSA) is 25.6 Å². The Kier molecular flexibility index (Phi) is 2.84. The molecule has 3 nitrogen and oxygen atoms in total. The highest BCUT2D eigenvalue weighted by Crippen LogP contribution is 2.29. The zero-order valence-electron chi connectivity index (χ0n) is 10.5. The van der Waals surface area contributed by atoms with Gasteiger partial charge in [-0.15, -0.1) is 0 Å². The lowest BCUT2D eigenvalue weighted by atomic mass is 10.0. The molecule has 0 spiro atoms. The Bertz CT molecular complexity index is 566. The molecule has 0 saturated carbocycles. The molecular formula is C14H16FNO2. The second-order valence-electron chi connectivity index (χ2n) is 4.94. The molecule has 1 aromatic heterocycles. The van der Waals surface area contributed by atoms with Crippen molar-refractivity contribution in [2.45, 2.75) is 19.1 Å². The first kappa shape index (κ1) is 11.7. The third-order valence-corrected chi connectivity index (χ3v) is 3.66. The number of likely N-dealkylation sites (N-methyl/N-ethyl adjacent to an activating group) is 1. The van der Waals surface area contributed by atoms with E-state index in [0.717, 1.165) is 5.39 Å². The average Bonchev–Trinajstić information content (AvgIpc) is 2.79. The normalized spacial score (nSPS) is 25.7. The number of ether oxygens (including phenoxy) is 1. The Morgan fingerprint density at radius 2 is 2.22 bits per heavy atom. The van der Waals surface area contributed by atoms with Crippen LogP contribution in [0.1, 0.15) is 18.6 Å². The Labute approximate surface area is 105 Å². The minimum atomic E-state index is -0.259. The summed E-state index contributed by atoms with van der Waals surface area (Å²) in [7, 11) is 2.04. The second kappa shape index (κ2) is 4.37. The van der Waals surface area contributed by atoms with E-state index in [1.165, 1.54) is 6.07 Å². The highest BCUT2D eigenvalue weighted by Gasteiger charge is 2.26. The first-order valence-electron chi connectivity index (χ1n) is 6.13. The van der Waals surface area contributed by atoms with Crippen LogP contribution in [0.3, 0.4) is 0 Å². The Hall–Kier alpha value is -1.39. The van der Waals surface area contributed by atoms with Crippen molar-refractivity contribution in [3.63, 3.8) is 0 Å². The predicted molar refractivity (Wildman–Crippen MR) is 67.0 cm³/mol. The van der Waals surface area contributed by atoms with Gasteiger partial charge in [-0.2, -0.15) is 0 Å². The van der Waals surface area contributed by atoms with Gasteiger partial charge >= 0.3 is 0 Å². The van der Waals surface area contributed by atoms with Crippen LogP contribution in [0, 0.1) is 5.82 Å². The number of halogens is 1. The summed E-state index contributed by atoms with van der Waals surface area (Å²) in [5.41, 5.74) is 1.19. The number of benzene rings is 1. The fourth-order valence-electron chi connectivity index (χ4n) is 2.31. The van der Waals surface area contributed by atoms with Crippen LogP contribution < -0.4 is 0 Å². The van der Waals surface area contributed by atoms with Crippen LogP contribution in [0.4, 0.5) is 4.39 Å². The number of furan rings is 1. The summed E-state index contributed by atoms with van der Waals surface area (Å²) in [5, 5.41) is 0.913. The predicted octanol–water partition coefficient (Wildman–Crippen LogP) is 2.96. The van der Waals surface area contributed by atoms with E-state index in [1.54, 1.807) is 6.26 Å². The molecule has 1 saturated heterocycles. The van der Waals surface area contributed by atoms with E-state index >= 15 is 0 Å². The molecule has 2 unspecified atom stereocenters.